The molecule has 3 aromatic carbocycles. The summed E-state index contributed by atoms with van der Waals surface area (Å²) in [6, 6.07) is 16.9. The minimum absolute atomic E-state index is 0.108. The third kappa shape index (κ3) is 4.16. The summed E-state index contributed by atoms with van der Waals surface area (Å²) >= 11 is 0. The van der Waals surface area contributed by atoms with Gasteiger partial charge < -0.3 is 34.1 Å². The fourth-order valence-corrected chi connectivity index (χ4v) is 6.24. The van der Waals surface area contributed by atoms with E-state index in [1.807, 2.05) is 53.3 Å². The van der Waals surface area contributed by atoms with E-state index in [9.17, 15) is 9.90 Å². The maximum Gasteiger partial charge on any atom is 0.310 e. The molecule has 2 aliphatic heterocycles. The number of benzene rings is 3. The molecule has 11 nitrogen and oxygen atoms in total. The Labute approximate surface area is 235 Å². The third-order valence-electron chi connectivity index (χ3n) is 8.10. The van der Waals surface area contributed by atoms with E-state index in [4.69, 9.17) is 23.7 Å². The number of nitrogens with one attached hydrogen (secondary N) is 1. The van der Waals surface area contributed by atoms with Crippen LogP contribution in [0.2, 0.25) is 0 Å². The smallest absolute Gasteiger partial charge is 0.310 e. The van der Waals surface area contributed by atoms with Crippen molar-refractivity contribution in [1.82, 2.24) is 15.0 Å². The maximum absolute atomic E-state index is 13.4. The molecular weight excluding hydrogens is 528 g/mol. The standard InChI is InChI=1S/C30H28N4O7/c1-37-24-8-16(9-25(38-2)29(24)35)26-19-10-22-23(41-15-40-22)11-20(19)28(21-14-39-30(36)27(21)26)34-13-18(32-33-34)12-31-17-6-4-3-5-7-17/h3-11,13,21,26-28,31,35H,12,14-15H2,1-2H3/t21-,26+,27-,28+/m0/s1. The monoisotopic (exact) mass is 556 g/mol. The lowest BCUT2D eigenvalue weighted by Gasteiger charge is -2.39. The average Bonchev–Trinajstić information content (AvgIpc) is 3.75. The van der Waals surface area contributed by atoms with Crippen molar-refractivity contribution in [1.29, 1.82) is 0 Å². The van der Waals surface area contributed by atoms with Gasteiger partial charge in [0, 0.05) is 17.5 Å². The van der Waals surface area contributed by atoms with Crippen LogP contribution in [0.15, 0.2) is 60.8 Å². The van der Waals surface area contributed by atoms with Gasteiger partial charge in [0.1, 0.15) is 5.69 Å². The van der Waals surface area contributed by atoms with E-state index >= 15 is 0 Å². The van der Waals surface area contributed by atoms with E-state index in [2.05, 4.69) is 15.6 Å². The summed E-state index contributed by atoms with van der Waals surface area (Å²) < 4.78 is 29.9. The van der Waals surface area contributed by atoms with Crippen LogP contribution in [0.1, 0.15) is 34.3 Å². The predicted molar refractivity (Wildman–Crippen MR) is 145 cm³/mol. The molecule has 0 amide bonds. The van der Waals surface area contributed by atoms with Crippen LogP contribution < -0.4 is 24.3 Å². The van der Waals surface area contributed by atoms with E-state index in [1.165, 1.54) is 14.2 Å². The number of esters is 1. The van der Waals surface area contributed by atoms with Crippen LogP contribution in [0.25, 0.3) is 0 Å². The van der Waals surface area contributed by atoms with E-state index in [0.717, 1.165) is 28.1 Å². The summed E-state index contributed by atoms with van der Waals surface area (Å²) in [5.74, 6) is 0.0988. The van der Waals surface area contributed by atoms with Gasteiger partial charge in [0.25, 0.3) is 0 Å². The minimum Gasteiger partial charge on any atom is -0.502 e. The summed E-state index contributed by atoms with van der Waals surface area (Å²) in [5, 5.41) is 22.9. The molecule has 0 spiro atoms. The Bertz CT molecular complexity index is 1600. The Morgan fingerprint density at radius 3 is 2.41 bits per heavy atom. The van der Waals surface area contributed by atoms with Gasteiger partial charge in [0.2, 0.25) is 12.5 Å². The summed E-state index contributed by atoms with van der Waals surface area (Å²) in [5.41, 5.74) is 4.28. The van der Waals surface area contributed by atoms with Crippen molar-refractivity contribution < 1.29 is 33.6 Å². The van der Waals surface area contributed by atoms with Gasteiger partial charge in [0.15, 0.2) is 23.0 Å². The number of carbonyl (C=O) groups is 1. The number of aromatic nitrogens is 3. The van der Waals surface area contributed by atoms with Gasteiger partial charge in [-0.2, -0.15) is 0 Å². The number of hydrogen-bond donors (Lipinski definition) is 2. The molecule has 1 saturated heterocycles. The lowest BCUT2D eigenvalue weighted by molar-refractivity contribution is -0.141. The quantitative estimate of drug-likeness (QED) is 0.324. The molecule has 2 N–H and O–H groups in total. The summed E-state index contributed by atoms with van der Waals surface area (Å²) in [4.78, 5) is 13.4. The van der Waals surface area contributed by atoms with Gasteiger partial charge in [0.05, 0.1) is 45.5 Å². The van der Waals surface area contributed by atoms with Crippen molar-refractivity contribution in [2.24, 2.45) is 11.8 Å². The van der Waals surface area contributed by atoms with Gasteiger partial charge in [-0.3, -0.25) is 4.79 Å². The van der Waals surface area contributed by atoms with Gasteiger partial charge >= 0.3 is 5.97 Å². The number of para-hydroxylation sites is 1. The SMILES string of the molecule is COc1cc([C@@H]2c3cc4c(cc3[C@@H](n3cc(CNc5ccccc5)nn3)[C@H]3COC(=O)[C@H]23)OCO4)cc(OC)c1O. The number of nitrogens with zero attached hydrogens (tertiary/aromatic N) is 3. The zero-order valence-corrected chi connectivity index (χ0v) is 22.4. The molecule has 0 bridgehead atoms. The van der Waals surface area contributed by atoms with Crippen LogP contribution in [0.5, 0.6) is 28.7 Å². The lowest BCUT2D eigenvalue weighted by atomic mass is 9.65. The Morgan fingerprint density at radius 1 is 1.00 bits per heavy atom. The van der Waals surface area contributed by atoms with Crippen LogP contribution in [0.4, 0.5) is 5.69 Å². The van der Waals surface area contributed by atoms with Crippen LogP contribution in [-0.2, 0) is 16.1 Å². The molecule has 11 heteroatoms. The molecule has 1 aromatic heterocycles. The number of phenols is 1. The topological polar surface area (TPSA) is 126 Å². The molecule has 0 unspecified atom stereocenters. The van der Waals surface area contributed by atoms with Crippen molar-refractivity contribution in [3.8, 4) is 28.7 Å². The highest BCUT2D eigenvalue weighted by Gasteiger charge is 2.53. The third-order valence-corrected chi connectivity index (χ3v) is 8.10. The molecule has 0 saturated carbocycles. The number of hydrogen-bond acceptors (Lipinski definition) is 10. The van der Waals surface area contributed by atoms with Gasteiger partial charge in [-0.25, -0.2) is 4.68 Å². The van der Waals surface area contributed by atoms with Crippen LogP contribution >= 0.6 is 0 Å². The molecule has 4 atom stereocenters. The molecule has 41 heavy (non-hydrogen) atoms. The predicted octanol–water partition coefficient (Wildman–Crippen LogP) is 3.87. The number of rotatable bonds is 7. The van der Waals surface area contributed by atoms with Gasteiger partial charge in [-0.05, 0) is 53.1 Å². The summed E-state index contributed by atoms with van der Waals surface area (Å²) in [7, 11) is 2.95. The molecule has 210 valence electrons. The highest BCUT2D eigenvalue weighted by molar-refractivity contribution is 5.79. The van der Waals surface area contributed by atoms with E-state index in [1.54, 1.807) is 12.1 Å². The number of aromatic hydroxyl groups is 1. The normalized spacial score (nSPS) is 22.0. The lowest BCUT2D eigenvalue weighted by Crippen LogP contribution is -2.37. The first-order valence-corrected chi connectivity index (χ1v) is 13.3. The fraction of sp³-hybridized carbons (Fsp3) is 0.300. The Kier molecular flexibility index (Phi) is 6.06. The van der Waals surface area contributed by atoms with Crippen LogP contribution in [0, 0.1) is 11.8 Å². The minimum atomic E-state index is -0.540. The molecule has 1 aliphatic carbocycles. The molecule has 7 rings (SSSR count). The van der Waals surface area contributed by atoms with E-state index < -0.39 is 11.8 Å². The number of ether oxygens (including phenoxy) is 5. The first-order valence-electron chi connectivity index (χ1n) is 13.3. The van der Waals surface area contributed by atoms with Crippen molar-refractivity contribution in [3.63, 3.8) is 0 Å². The second kappa shape index (κ2) is 9.92. The Balaban J connectivity index is 1.34. The molecule has 3 heterocycles. The molecule has 4 aromatic rings. The zero-order valence-electron chi connectivity index (χ0n) is 22.4. The van der Waals surface area contributed by atoms with Crippen LogP contribution in [0.3, 0.4) is 0 Å². The number of fused-ring (bicyclic) bond motifs is 3. The first kappa shape index (κ1) is 25.1. The summed E-state index contributed by atoms with van der Waals surface area (Å²) in [6.45, 7) is 0.828. The number of methoxy groups -OCH3 is 2. The maximum atomic E-state index is 13.4. The van der Waals surface area contributed by atoms with Crippen molar-refractivity contribution in [3.05, 3.63) is 83.2 Å². The van der Waals surface area contributed by atoms with Gasteiger partial charge in [-0.15, -0.1) is 5.10 Å². The average molecular weight is 557 g/mol. The molecule has 3 aliphatic rings. The largest absolute Gasteiger partial charge is 0.502 e. The van der Waals surface area contributed by atoms with Crippen molar-refractivity contribution >= 4 is 11.7 Å². The molecular formula is C30H28N4O7. The second-order valence-corrected chi connectivity index (χ2v) is 10.3. The summed E-state index contributed by atoms with van der Waals surface area (Å²) in [6.07, 6.45) is 1.90. The Morgan fingerprint density at radius 2 is 1.71 bits per heavy atom. The molecule has 1 fully saturated rings. The number of carbonyl (C=O) groups excluding carboxylic acids is 1. The first-order chi connectivity index (χ1) is 20.1. The second-order valence-electron chi connectivity index (χ2n) is 10.3. The zero-order chi connectivity index (χ0) is 28.1. The van der Waals surface area contributed by atoms with E-state index in [-0.39, 0.29) is 48.6 Å². The van der Waals surface area contributed by atoms with E-state index in [0.29, 0.717) is 18.0 Å². The van der Waals surface area contributed by atoms with Crippen LogP contribution in [-0.4, -0.2) is 53.7 Å². The van der Waals surface area contributed by atoms with Crippen molar-refractivity contribution in [2.75, 3.05) is 32.9 Å². The van der Waals surface area contributed by atoms with Crippen molar-refractivity contribution in [2.45, 2.75) is 18.5 Å². The van der Waals surface area contributed by atoms with Gasteiger partial charge in [-0.1, -0.05) is 23.4 Å². The molecule has 0 radical (unpaired) electrons. The number of anilines is 1. The highest BCUT2D eigenvalue weighted by atomic mass is 16.7. The Hall–Kier alpha value is -4.93. The number of phenolic OH excluding ortho intramolecular Hbond substituents is 1. The number of cyclic esters (lactones) is 1. The fourth-order valence-electron chi connectivity index (χ4n) is 6.24. The highest BCUT2D eigenvalue weighted by Crippen LogP contribution is 2.56.